The zero-order chi connectivity index (χ0) is 18.5. The van der Waals surface area contributed by atoms with Crippen molar-refractivity contribution in [2.24, 2.45) is 5.92 Å². The Morgan fingerprint density at radius 3 is 2.32 bits per heavy atom. The molecule has 1 aromatic carbocycles. The van der Waals surface area contributed by atoms with E-state index in [2.05, 4.69) is 44.4 Å². The third-order valence-corrected chi connectivity index (χ3v) is 4.68. The first-order valence-electron chi connectivity index (χ1n) is 9.57. The summed E-state index contributed by atoms with van der Waals surface area (Å²) in [5, 5.41) is 0. The molecule has 0 fully saturated rings. The van der Waals surface area contributed by atoms with Crippen LogP contribution >= 0.6 is 0 Å². The highest BCUT2D eigenvalue weighted by molar-refractivity contribution is 5.78. The molecule has 25 heavy (non-hydrogen) atoms. The number of nitrogens with zero attached hydrogens (tertiary/aromatic N) is 1. The van der Waals surface area contributed by atoms with Crippen LogP contribution in [-0.4, -0.2) is 37.1 Å². The normalized spacial score (nSPS) is 13.0. The Kier molecular flexibility index (Phi) is 10.7. The molecule has 0 aromatic heterocycles. The average molecular weight is 344 g/mol. The molecule has 1 aromatic rings. The predicted molar refractivity (Wildman–Crippen MR) is 104 cm³/mol. The Morgan fingerprint density at radius 1 is 1.08 bits per heavy atom. The van der Waals surface area contributed by atoms with Gasteiger partial charge < -0.3 is 4.74 Å². The Labute approximate surface area is 153 Å². The van der Waals surface area contributed by atoms with E-state index in [1.807, 2.05) is 30.3 Å². The molecule has 0 spiro atoms. The number of carbonyl (C=O) groups excluding carboxylic acids is 1. The van der Waals surface area contributed by atoms with E-state index >= 15 is 0 Å². The Hall–Kier alpha value is -1.79. The second-order valence-corrected chi connectivity index (χ2v) is 6.27. The van der Waals surface area contributed by atoms with Gasteiger partial charge in [0.2, 0.25) is 0 Å². The highest BCUT2D eigenvalue weighted by atomic mass is 16.5. The minimum atomic E-state index is -0.198. The molecule has 0 amide bonds. The maximum absolute atomic E-state index is 12.7. The number of hydrogen-bond donors (Lipinski definition) is 0. The topological polar surface area (TPSA) is 29.5 Å². The van der Waals surface area contributed by atoms with Crippen molar-refractivity contribution in [1.29, 1.82) is 0 Å². The first-order chi connectivity index (χ1) is 12.2. The van der Waals surface area contributed by atoms with Crippen molar-refractivity contribution in [1.82, 2.24) is 4.90 Å². The zero-order valence-corrected chi connectivity index (χ0v) is 16.3. The molecule has 0 bridgehead atoms. The minimum Gasteiger partial charge on any atom is -0.452 e. The molecular weight excluding hydrogens is 310 g/mol. The van der Waals surface area contributed by atoms with Crippen molar-refractivity contribution in [3.8, 4) is 11.8 Å². The Balaban J connectivity index is 2.72. The first kappa shape index (κ1) is 21.3. The van der Waals surface area contributed by atoms with Crippen LogP contribution in [0.4, 0.5) is 0 Å². The number of hydrogen-bond acceptors (Lipinski definition) is 3. The highest BCUT2D eigenvalue weighted by Crippen LogP contribution is 2.31. The molecule has 3 heteroatoms. The van der Waals surface area contributed by atoms with Crippen molar-refractivity contribution in [2.75, 3.05) is 26.2 Å². The van der Waals surface area contributed by atoms with Crippen molar-refractivity contribution < 1.29 is 9.53 Å². The fraction of sp³-hybridized carbons (Fsp3) is 0.591. The van der Waals surface area contributed by atoms with E-state index in [1.54, 1.807) is 0 Å². The second kappa shape index (κ2) is 12.6. The molecule has 0 N–H and O–H groups in total. The van der Waals surface area contributed by atoms with Crippen LogP contribution in [0.15, 0.2) is 30.3 Å². The van der Waals surface area contributed by atoms with Gasteiger partial charge in [0.05, 0.1) is 12.5 Å². The lowest BCUT2D eigenvalue weighted by Crippen LogP contribution is -2.24. The number of benzene rings is 1. The fourth-order valence-corrected chi connectivity index (χ4v) is 3.10. The maximum atomic E-state index is 12.7. The van der Waals surface area contributed by atoms with Gasteiger partial charge in [0, 0.05) is 0 Å². The van der Waals surface area contributed by atoms with Crippen LogP contribution in [0.5, 0.6) is 0 Å². The van der Waals surface area contributed by atoms with Gasteiger partial charge in [-0.1, -0.05) is 82.7 Å². The molecule has 0 saturated carbocycles. The van der Waals surface area contributed by atoms with Gasteiger partial charge in [0.25, 0.3) is 0 Å². The lowest BCUT2D eigenvalue weighted by Gasteiger charge is -2.24. The van der Waals surface area contributed by atoms with Crippen LogP contribution < -0.4 is 0 Å². The first-order valence-corrected chi connectivity index (χ1v) is 9.57. The van der Waals surface area contributed by atoms with Gasteiger partial charge in [0.1, 0.15) is 0 Å². The van der Waals surface area contributed by atoms with E-state index in [0.29, 0.717) is 5.92 Å². The molecular formula is C22H33NO2. The summed E-state index contributed by atoms with van der Waals surface area (Å²) in [5.41, 5.74) is 1.05. The van der Waals surface area contributed by atoms with Crippen LogP contribution in [0.2, 0.25) is 0 Å². The van der Waals surface area contributed by atoms with Gasteiger partial charge in [-0.15, -0.1) is 0 Å². The van der Waals surface area contributed by atoms with Gasteiger partial charge in [-0.2, -0.15) is 0 Å². The van der Waals surface area contributed by atoms with Gasteiger partial charge in [-0.3, -0.25) is 9.69 Å². The molecule has 0 aliphatic heterocycles. The van der Waals surface area contributed by atoms with Crippen LogP contribution in [0.1, 0.15) is 58.4 Å². The summed E-state index contributed by atoms with van der Waals surface area (Å²) in [6, 6.07) is 9.99. The molecule has 0 saturated heterocycles. The van der Waals surface area contributed by atoms with E-state index < -0.39 is 0 Å². The second-order valence-electron chi connectivity index (χ2n) is 6.27. The molecule has 2 atom stereocenters. The standard InChI is InChI=1S/C22H33NO2/c1-5-14-19(6-2)21(20-15-10-9-11-16-20)22(24)25-18-13-12-17-23(7-3)8-4/h9-11,15-16,19,21H,5-8,14,17-18H2,1-4H3. The molecule has 138 valence electrons. The van der Waals surface area contributed by atoms with E-state index in [1.165, 1.54) is 0 Å². The van der Waals surface area contributed by atoms with Crippen LogP contribution in [0, 0.1) is 17.8 Å². The van der Waals surface area contributed by atoms with E-state index in [4.69, 9.17) is 4.74 Å². The van der Waals surface area contributed by atoms with E-state index in [0.717, 1.165) is 44.5 Å². The smallest absolute Gasteiger partial charge is 0.314 e. The Morgan fingerprint density at radius 2 is 1.76 bits per heavy atom. The molecule has 3 nitrogen and oxygen atoms in total. The zero-order valence-electron chi connectivity index (χ0n) is 16.3. The molecule has 2 unspecified atom stereocenters. The third kappa shape index (κ3) is 7.32. The summed E-state index contributed by atoms with van der Waals surface area (Å²) in [5.74, 6) is 6.03. The number of carbonyl (C=O) groups is 1. The molecule has 0 aliphatic rings. The van der Waals surface area contributed by atoms with Gasteiger partial charge in [-0.05, 0) is 31.0 Å². The molecule has 1 rings (SSSR count). The van der Waals surface area contributed by atoms with E-state index in [9.17, 15) is 4.79 Å². The largest absolute Gasteiger partial charge is 0.452 e. The van der Waals surface area contributed by atoms with Crippen molar-refractivity contribution in [3.05, 3.63) is 35.9 Å². The molecule has 0 aliphatic carbocycles. The average Bonchev–Trinajstić information content (AvgIpc) is 2.65. The van der Waals surface area contributed by atoms with Crippen molar-refractivity contribution in [3.63, 3.8) is 0 Å². The van der Waals surface area contributed by atoms with Crippen molar-refractivity contribution >= 4 is 5.97 Å². The van der Waals surface area contributed by atoms with Crippen LogP contribution in [0.25, 0.3) is 0 Å². The Bertz CT molecular complexity index is 540. The number of rotatable bonds is 10. The summed E-state index contributed by atoms with van der Waals surface area (Å²) in [4.78, 5) is 15.0. The minimum absolute atomic E-state index is 0.149. The molecule has 0 radical (unpaired) electrons. The van der Waals surface area contributed by atoms with Crippen LogP contribution in [0.3, 0.4) is 0 Å². The number of esters is 1. The van der Waals surface area contributed by atoms with Crippen LogP contribution in [-0.2, 0) is 9.53 Å². The SMILES string of the molecule is CCCC(CC)C(C(=O)OCC#CCN(CC)CC)c1ccccc1. The maximum Gasteiger partial charge on any atom is 0.314 e. The fourth-order valence-electron chi connectivity index (χ4n) is 3.10. The summed E-state index contributed by atoms with van der Waals surface area (Å²) >= 11 is 0. The quantitative estimate of drug-likeness (QED) is 0.463. The third-order valence-electron chi connectivity index (χ3n) is 4.68. The highest BCUT2D eigenvalue weighted by Gasteiger charge is 2.29. The monoisotopic (exact) mass is 343 g/mol. The van der Waals surface area contributed by atoms with E-state index in [-0.39, 0.29) is 18.5 Å². The molecule has 0 heterocycles. The van der Waals surface area contributed by atoms with Crippen molar-refractivity contribution in [2.45, 2.75) is 52.9 Å². The summed E-state index contributed by atoms with van der Waals surface area (Å²) < 4.78 is 5.51. The summed E-state index contributed by atoms with van der Waals surface area (Å²) in [6.45, 7) is 11.4. The lowest BCUT2D eigenvalue weighted by atomic mass is 9.81. The summed E-state index contributed by atoms with van der Waals surface area (Å²) in [7, 11) is 0. The lowest BCUT2D eigenvalue weighted by molar-refractivity contribution is -0.145. The van der Waals surface area contributed by atoms with Gasteiger partial charge in [0.15, 0.2) is 6.61 Å². The van der Waals surface area contributed by atoms with Gasteiger partial charge in [-0.25, -0.2) is 0 Å². The number of ether oxygens (including phenoxy) is 1. The summed E-state index contributed by atoms with van der Waals surface area (Å²) in [6.07, 6.45) is 3.06. The predicted octanol–water partition coefficient (Wildman–Crippen LogP) is 4.48. The van der Waals surface area contributed by atoms with Gasteiger partial charge >= 0.3 is 5.97 Å².